The van der Waals surface area contributed by atoms with E-state index >= 15 is 0 Å². The molecule has 0 unspecified atom stereocenters. The van der Waals surface area contributed by atoms with Crippen molar-refractivity contribution in [2.45, 2.75) is 32.1 Å². The second-order valence-electron chi connectivity index (χ2n) is 6.17. The van der Waals surface area contributed by atoms with Crippen LogP contribution in [0.4, 0.5) is 5.69 Å². The van der Waals surface area contributed by atoms with Gasteiger partial charge in [-0.15, -0.1) is 0 Å². The summed E-state index contributed by atoms with van der Waals surface area (Å²) in [6.07, 6.45) is 3.17. The average Bonchev–Trinajstić information content (AvgIpc) is 2.37. The first-order valence-electron chi connectivity index (χ1n) is 7.18. The van der Waals surface area contributed by atoms with Crippen LogP contribution in [0.1, 0.15) is 12.0 Å². The summed E-state index contributed by atoms with van der Waals surface area (Å²) < 4.78 is 0. The molecular formula is C16H28N2Si. The number of anilines is 1. The first-order valence-corrected chi connectivity index (χ1v) is 10.9. The second-order valence-corrected chi connectivity index (χ2v) is 11.8. The summed E-state index contributed by atoms with van der Waals surface area (Å²) in [5.74, 6) is 0. The molecular weight excluding hydrogens is 248 g/mol. The van der Waals surface area contributed by atoms with E-state index in [0.29, 0.717) is 0 Å². The molecule has 3 heteroatoms. The van der Waals surface area contributed by atoms with Gasteiger partial charge in [0, 0.05) is 26.9 Å². The fraction of sp³-hybridized carbons (Fsp3) is 0.500. The predicted octanol–water partition coefficient (Wildman–Crippen LogP) is 4.06. The number of hydrogen-bond donors (Lipinski definition) is 2. The quantitative estimate of drug-likeness (QED) is 0.525. The van der Waals surface area contributed by atoms with Crippen LogP contribution in [-0.2, 0) is 0 Å². The third-order valence-corrected chi connectivity index (χ3v) is 4.91. The highest BCUT2D eigenvalue weighted by molar-refractivity contribution is 6.76. The van der Waals surface area contributed by atoms with Gasteiger partial charge in [-0.1, -0.05) is 50.5 Å². The van der Waals surface area contributed by atoms with Crippen LogP contribution >= 0.6 is 0 Å². The van der Waals surface area contributed by atoms with Gasteiger partial charge in [0.1, 0.15) is 0 Å². The van der Waals surface area contributed by atoms with Crippen LogP contribution in [0.3, 0.4) is 0 Å². The lowest BCUT2D eigenvalue weighted by Gasteiger charge is -2.15. The van der Waals surface area contributed by atoms with Gasteiger partial charge in [-0.3, -0.25) is 0 Å². The number of nitrogens with one attached hydrogen (secondary N) is 2. The van der Waals surface area contributed by atoms with Crippen LogP contribution in [-0.4, -0.2) is 27.7 Å². The summed E-state index contributed by atoms with van der Waals surface area (Å²) in [6.45, 7) is 14.2. The SMILES string of the molecule is C=Cc1ccc(NCCNCCC[Si](C)(C)C)cc1. The van der Waals surface area contributed by atoms with Crippen molar-refractivity contribution in [1.29, 1.82) is 0 Å². The Hall–Kier alpha value is -1.06. The molecule has 2 nitrogen and oxygen atoms in total. The largest absolute Gasteiger partial charge is 0.384 e. The van der Waals surface area contributed by atoms with Crippen molar-refractivity contribution in [2.24, 2.45) is 0 Å². The molecule has 0 aliphatic heterocycles. The van der Waals surface area contributed by atoms with Crippen molar-refractivity contribution in [3.05, 3.63) is 36.4 Å². The Bertz CT molecular complexity index is 365. The molecule has 0 saturated heterocycles. The molecule has 0 aliphatic carbocycles. The smallest absolute Gasteiger partial charge is 0.0443 e. The average molecular weight is 276 g/mol. The summed E-state index contributed by atoms with van der Waals surface area (Å²) in [7, 11) is -0.851. The molecule has 0 aromatic heterocycles. The Balaban J connectivity index is 2.05. The van der Waals surface area contributed by atoms with Gasteiger partial charge in [0.25, 0.3) is 0 Å². The highest BCUT2D eigenvalue weighted by Gasteiger charge is 2.11. The lowest BCUT2D eigenvalue weighted by Crippen LogP contribution is -2.26. The molecule has 106 valence electrons. The zero-order chi connectivity index (χ0) is 14.1. The molecule has 0 saturated carbocycles. The molecule has 2 N–H and O–H groups in total. The van der Waals surface area contributed by atoms with E-state index in [-0.39, 0.29) is 0 Å². The van der Waals surface area contributed by atoms with E-state index < -0.39 is 8.07 Å². The van der Waals surface area contributed by atoms with Gasteiger partial charge in [0.2, 0.25) is 0 Å². The number of benzene rings is 1. The third-order valence-electron chi connectivity index (χ3n) is 3.06. The summed E-state index contributed by atoms with van der Waals surface area (Å²) in [5.41, 5.74) is 2.34. The zero-order valence-corrected chi connectivity index (χ0v) is 13.6. The molecule has 0 bridgehead atoms. The van der Waals surface area contributed by atoms with E-state index in [1.54, 1.807) is 0 Å². The minimum Gasteiger partial charge on any atom is -0.384 e. The molecule has 1 aromatic carbocycles. The first kappa shape index (κ1) is 16.0. The summed E-state index contributed by atoms with van der Waals surface area (Å²) in [5, 5.41) is 6.91. The molecule has 0 heterocycles. The topological polar surface area (TPSA) is 24.1 Å². The lowest BCUT2D eigenvalue weighted by atomic mass is 10.2. The van der Waals surface area contributed by atoms with Crippen molar-refractivity contribution in [3.8, 4) is 0 Å². The number of hydrogen-bond acceptors (Lipinski definition) is 2. The van der Waals surface area contributed by atoms with Gasteiger partial charge in [0.15, 0.2) is 0 Å². The van der Waals surface area contributed by atoms with E-state index in [1.807, 2.05) is 6.08 Å². The van der Waals surface area contributed by atoms with Crippen LogP contribution in [0.5, 0.6) is 0 Å². The van der Waals surface area contributed by atoms with Crippen molar-refractivity contribution < 1.29 is 0 Å². The fourth-order valence-corrected chi connectivity index (χ4v) is 3.14. The van der Waals surface area contributed by atoms with Gasteiger partial charge in [-0.25, -0.2) is 0 Å². The molecule has 0 atom stereocenters. The maximum absolute atomic E-state index is 3.75. The van der Waals surface area contributed by atoms with Gasteiger partial charge in [-0.2, -0.15) is 0 Å². The molecule has 1 aromatic rings. The van der Waals surface area contributed by atoms with Gasteiger partial charge < -0.3 is 10.6 Å². The van der Waals surface area contributed by atoms with Crippen LogP contribution < -0.4 is 10.6 Å². The molecule has 19 heavy (non-hydrogen) atoms. The monoisotopic (exact) mass is 276 g/mol. The van der Waals surface area contributed by atoms with Crippen LogP contribution in [0.25, 0.3) is 6.08 Å². The van der Waals surface area contributed by atoms with Gasteiger partial charge >= 0.3 is 0 Å². The molecule has 0 spiro atoms. The molecule has 0 amide bonds. The zero-order valence-electron chi connectivity index (χ0n) is 12.6. The Kier molecular flexibility index (Phi) is 6.88. The Morgan fingerprint density at radius 1 is 1.05 bits per heavy atom. The minimum absolute atomic E-state index is 0.851. The number of rotatable bonds is 9. The van der Waals surface area contributed by atoms with E-state index in [2.05, 4.69) is 61.1 Å². The maximum Gasteiger partial charge on any atom is 0.0443 e. The Morgan fingerprint density at radius 3 is 2.32 bits per heavy atom. The summed E-state index contributed by atoms with van der Waals surface area (Å²) >= 11 is 0. The molecule has 0 fully saturated rings. The van der Waals surface area contributed by atoms with E-state index in [1.165, 1.54) is 18.2 Å². The van der Waals surface area contributed by atoms with Gasteiger partial charge in [-0.05, 0) is 30.7 Å². The lowest BCUT2D eigenvalue weighted by molar-refractivity contribution is 0.684. The standard InChI is InChI=1S/C16H28N2Si/c1-5-15-7-9-16(10-8-15)18-13-12-17-11-6-14-19(2,3)4/h5,7-10,17-18H,1,6,11-14H2,2-4H3. The predicted molar refractivity (Wildman–Crippen MR) is 90.7 cm³/mol. The first-order chi connectivity index (χ1) is 9.01. The Morgan fingerprint density at radius 2 is 1.74 bits per heavy atom. The minimum atomic E-state index is -0.851. The van der Waals surface area contributed by atoms with Crippen molar-refractivity contribution >= 4 is 19.8 Å². The van der Waals surface area contributed by atoms with Gasteiger partial charge in [0.05, 0.1) is 0 Å². The maximum atomic E-state index is 3.75. The van der Waals surface area contributed by atoms with Crippen molar-refractivity contribution in [2.75, 3.05) is 25.0 Å². The van der Waals surface area contributed by atoms with E-state index in [4.69, 9.17) is 0 Å². The molecule has 1 rings (SSSR count). The normalized spacial score (nSPS) is 11.3. The third kappa shape index (κ3) is 7.85. The molecule has 0 aliphatic rings. The van der Waals surface area contributed by atoms with E-state index in [9.17, 15) is 0 Å². The summed E-state index contributed by atoms with van der Waals surface area (Å²) in [6, 6.07) is 9.77. The second kappa shape index (κ2) is 8.18. The molecule has 0 radical (unpaired) electrons. The van der Waals surface area contributed by atoms with Crippen LogP contribution in [0.15, 0.2) is 30.8 Å². The highest BCUT2D eigenvalue weighted by Crippen LogP contribution is 2.10. The Labute approximate surface area is 119 Å². The van der Waals surface area contributed by atoms with Crippen molar-refractivity contribution in [3.63, 3.8) is 0 Å². The summed E-state index contributed by atoms with van der Waals surface area (Å²) in [4.78, 5) is 0. The fourth-order valence-electron chi connectivity index (χ4n) is 1.90. The van der Waals surface area contributed by atoms with Crippen molar-refractivity contribution in [1.82, 2.24) is 5.32 Å². The highest BCUT2D eigenvalue weighted by atomic mass is 28.3. The van der Waals surface area contributed by atoms with E-state index in [0.717, 1.165) is 25.2 Å². The van der Waals surface area contributed by atoms with Crippen LogP contribution in [0.2, 0.25) is 25.7 Å². The van der Waals surface area contributed by atoms with Crippen LogP contribution in [0, 0.1) is 0 Å².